The second-order valence-corrected chi connectivity index (χ2v) is 3.87. The lowest BCUT2D eigenvalue weighted by Gasteiger charge is -2.10. The van der Waals surface area contributed by atoms with Crippen molar-refractivity contribution >= 4 is 11.6 Å². The second kappa shape index (κ2) is 6.64. The number of pyridine rings is 1. The molecule has 0 atom stereocenters. The molecule has 0 fully saturated rings. The Hall–Kier alpha value is -0.800. The zero-order chi connectivity index (χ0) is 11.1. The molecule has 0 aliphatic rings. The van der Waals surface area contributed by atoms with E-state index in [4.69, 9.17) is 16.3 Å². The molecule has 0 amide bonds. The van der Waals surface area contributed by atoms with Crippen LogP contribution < -0.4 is 4.74 Å². The summed E-state index contributed by atoms with van der Waals surface area (Å²) in [5.74, 6) is 1.08. The summed E-state index contributed by atoms with van der Waals surface area (Å²) in [5.41, 5.74) is 0.849. The minimum Gasteiger partial charge on any atom is -0.478 e. The van der Waals surface area contributed by atoms with Crippen LogP contribution in [0.25, 0.3) is 0 Å². The molecule has 0 saturated carbocycles. The summed E-state index contributed by atoms with van der Waals surface area (Å²) in [6, 6.07) is 5.65. The maximum atomic E-state index is 5.68. The topological polar surface area (TPSA) is 25.4 Å². The lowest BCUT2D eigenvalue weighted by molar-refractivity contribution is 0.273. The van der Waals surface area contributed by atoms with Gasteiger partial charge in [-0.1, -0.05) is 6.07 Å². The average molecular weight is 229 g/mol. The molecule has 0 unspecified atom stereocenters. The highest BCUT2D eigenvalue weighted by atomic mass is 35.5. The third-order valence-corrected chi connectivity index (χ3v) is 2.19. The SMILES string of the molecule is CN(C)CCCOc1cccc(CCl)n1. The van der Waals surface area contributed by atoms with Crippen LogP contribution in [0.4, 0.5) is 0 Å². The summed E-state index contributed by atoms with van der Waals surface area (Å²) < 4.78 is 5.50. The van der Waals surface area contributed by atoms with E-state index < -0.39 is 0 Å². The van der Waals surface area contributed by atoms with Crippen LogP contribution in [0.15, 0.2) is 18.2 Å². The summed E-state index contributed by atoms with van der Waals surface area (Å²) in [6.45, 7) is 1.71. The summed E-state index contributed by atoms with van der Waals surface area (Å²) in [7, 11) is 4.10. The van der Waals surface area contributed by atoms with Crippen LogP contribution in [0.1, 0.15) is 12.1 Å². The fourth-order valence-corrected chi connectivity index (χ4v) is 1.32. The third-order valence-electron chi connectivity index (χ3n) is 1.92. The van der Waals surface area contributed by atoms with E-state index in [0.717, 1.165) is 18.7 Å². The van der Waals surface area contributed by atoms with Crippen LogP contribution in [0.2, 0.25) is 0 Å². The molecule has 0 bridgehead atoms. The summed E-state index contributed by atoms with van der Waals surface area (Å²) in [5, 5.41) is 0. The van der Waals surface area contributed by atoms with Crippen molar-refractivity contribution in [1.29, 1.82) is 0 Å². The van der Waals surface area contributed by atoms with Gasteiger partial charge in [0.2, 0.25) is 5.88 Å². The van der Waals surface area contributed by atoms with Gasteiger partial charge < -0.3 is 9.64 Å². The fourth-order valence-electron chi connectivity index (χ4n) is 1.17. The van der Waals surface area contributed by atoms with Gasteiger partial charge in [0.25, 0.3) is 0 Å². The molecule has 1 heterocycles. The Morgan fingerprint density at radius 2 is 2.20 bits per heavy atom. The molecule has 0 N–H and O–H groups in total. The van der Waals surface area contributed by atoms with E-state index in [2.05, 4.69) is 9.88 Å². The summed E-state index contributed by atoms with van der Waals surface area (Å²) in [6.07, 6.45) is 1.000. The first-order valence-corrected chi connectivity index (χ1v) is 5.55. The molecule has 0 aromatic carbocycles. The quantitative estimate of drug-likeness (QED) is 0.551. The monoisotopic (exact) mass is 228 g/mol. The normalized spacial score (nSPS) is 10.7. The van der Waals surface area contributed by atoms with Crippen LogP contribution in [-0.4, -0.2) is 37.1 Å². The Labute approximate surface area is 96.0 Å². The Morgan fingerprint density at radius 1 is 1.40 bits per heavy atom. The Bertz CT molecular complexity index is 292. The molecule has 0 aliphatic heterocycles. The highest BCUT2D eigenvalue weighted by molar-refractivity contribution is 6.16. The molecule has 0 radical (unpaired) electrons. The van der Waals surface area contributed by atoms with Gasteiger partial charge in [-0.05, 0) is 26.6 Å². The first-order valence-electron chi connectivity index (χ1n) is 5.02. The van der Waals surface area contributed by atoms with Crippen molar-refractivity contribution in [2.75, 3.05) is 27.2 Å². The van der Waals surface area contributed by atoms with Crippen molar-refractivity contribution in [3.63, 3.8) is 0 Å². The lowest BCUT2D eigenvalue weighted by atomic mass is 10.4. The van der Waals surface area contributed by atoms with E-state index in [9.17, 15) is 0 Å². The fraction of sp³-hybridized carbons (Fsp3) is 0.545. The maximum Gasteiger partial charge on any atom is 0.213 e. The largest absolute Gasteiger partial charge is 0.478 e. The van der Waals surface area contributed by atoms with Crippen LogP contribution in [-0.2, 0) is 5.88 Å². The van der Waals surface area contributed by atoms with E-state index in [1.807, 2.05) is 32.3 Å². The predicted molar refractivity (Wildman–Crippen MR) is 62.5 cm³/mol. The summed E-state index contributed by atoms with van der Waals surface area (Å²) >= 11 is 5.68. The molecule has 4 heteroatoms. The molecular formula is C11H17ClN2O. The van der Waals surface area contributed by atoms with Crippen molar-refractivity contribution in [3.05, 3.63) is 23.9 Å². The Kier molecular flexibility index (Phi) is 5.43. The highest BCUT2D eigenvalue weighted by Crippen LogP contribution is 2.09. The van der Waals surface area contributed by atoms with Crippen LogP contribution in [0.5, 0.6) is 5.88 Å². The molecule has 0 saturated heterocycles. The summed E-state index contributed by atoms with van der Waals surface area (Å²) in [4.78, 5) is 6.37. The van der Waals surface area contributed by atoms with Crippen molar-refractivity contribution in [1.82, 2.24) is 9.88 Å². The standard InChI is InChI=1S/C11H17ClN2O/c1-14(2)7-4-8-15-11-6-3-5-10(9-12)13-11/h3,5-6H,4,7-9H2,1-2H3. The molecule has 0 aliphatic carbocycles. The minimum atomic E-state index is 0.425. The van der Waals surface area contributed by atoms with Gasteiger partial charge in [-0.15, -0.1) is 11.6 Å². The first kappa shape index (κ1) is 12.3. The van der Waals surface area contributed by atoms with Gasteiger partial charge in [-0.3, -0.25) is 0 Å². The van der Waals surface area contributed by atoms with Gasteiger partial charge >= 0.3 is 0 Å². The van der Waals surface area contributed by atoms with Crippen LogP contribution >= 0.6 is 11.6 Å². The van der Waals surface area contributed by atoms with Gasteiger partial charge in [0, 0.05) is 12.6 Å². The van der Waals surface area contributed by atoms with Crippen molar-refractivity contribution in [3.8, 4) is 5.88 Å². The van der Waals surface area contributed by atoms with Crippen LogP contribution in [0.3, 0.4) is 0 Å². The number of halogens is 1. The number of nitrogens with zero attached hydrogens (tertiary/aromatic N) is 2. The molecular weight excluding hydrogens is 212 g/mol. The highest BCUT2D eigenvalue weighted by Gasteiger charge is 1.97. The van der Waals surface area contributed by atoms with Gasteiger partial charge in [0.1, 0.15) is 0 Å². The van der Waals surface area contributed by atoms with E-state index in [1.54, 1.807) is 0 Å². The first-order chi connectivity index (χ1) is 7.22. The molecule has 1 rings (SSSR count). The average Bonchev–Trinajstić information content (AvgIpc) is 2.24. The lowest BCUT2D eigenvalue weighted by Crippen LogP contribution is -2.15. The molecule has 1 aromatic rings. The van der Waals surface area contributed by atoms with E-state index in [-0.39, 0.29) is 0 Å². The Balaban J connectivity index is 2.30. The maximum absolute atomic E-state index is 5.68. The molecule has 1 aromatic heterocycles. The van der Waals surface area contributed by atoms with Crippen molar-refractivity contribution in [2.24, 2.45) is 0 Å². The Morgan fingerprint density at radius 3 is 2.87 bits per heavy atom. The van der Waals surface area contributed by atoms with E-state index >= 15 is 0 Å². The van der Waals surface area contributed by atoms with Crippen molar-refractivity contribution in [2.45, 2.75) is 12.3 Å². The second-order valence-electron chi connectivity index (χ2n) is 3.61. The number of hydrogen-bond donors (Lipinski definition) is 0. The molecule has 15 heavy (non-hydrogen) atoms. The smallest absolute Gasteiger partial charge is 0.213 e. The number of ether oxygens (including phenoxy) is 1. The van der Waals surface area contributed by atoms with Crippen LogP contribution in [0, 0.1) is 0 Å². The van der Waals surface area contributed by atoms with E-state index in [0.29, 0.717) is 18.4 Å². The van der Waals surface area contributed by atoms with E-state index in [1.165, 1.54) is 0 Å². The third kappa shape index (κ3) is 5.00. The predicted octanol–water partition coefficient (Wildman–Crippen LogP) is 2.15. The number of rotatable bonds is 6. The molecule has 3 nitrogen and oxygen atoms in total. The zero-order valence-electron chi connectivity index (χ0n) is 9.24. The van der Waals surface area contributed by atoms with Gasteiger partial charge in [-0.2, -0.15) is 0 Å². The molecule has 0 spiro atoms. The number of hydrogen-bond acceptors (Lipinski definition) is 3. The minimum absolute atomic E-state index is 0.425. The number of alkyl halides is 1. The van der Waals surface area contributed by atoms with Gasteiger partial charge in [-0.25, -0.2) is 4.98 Å². The zero-order valence-corrected chi connectivity index (χ0v) is 10.00. The van der Waals surface area contributed by atoms with Crippen molar-refractivity contribution < 1.29 is 4.74 Å². The number of aromatic nitrogens is 1. The van der Waals surface area contributed by atoms with Gasteiger partial charge in [0.15, 0.2) is 0 Å². The molecule has 84 valence electrons. The van der Waals surface area contributed by atoms with Gasteiger partial charge in [0.05, 0.1) is 18.2 Å².